The number of nitrogens with two attached hydrogens (primary N) is 1. The molecule has 3 heteroatoms. The zero-order valence-electron chi connectivity index (χ0n) is 11.6. The van der Waals surface area contributed by atoms with Gasteiger partial charge in [0.05, 0.1) is 11.7 Å². The maximum absolute atomic E-state index is 6.36. The van der Waals surface area contributed by atoms with Gasteiger partial charge in [-0.15, -0.1) is 0 Å². The van der Waals surface area contributed by atoms with Crippen LogP contribution in [0.5, 0.6) is 0 Å². The molecular weight excluding hydrogens is 212 g/mol. The summed E-state index contributed by atoms with van der Waals surface area (Å²) in [5.74, 6) is 0. The van der Waals surface area contributed by atoms with E-state index in [0.29, 0.717) is 18.2 Å². The molecule has 3 unspecified atom stereocenters. The van der Waals surface area contributed by atoms with Gasteiger partial charge in [0.25, 0.3) is 0 Å². The lowest BCUT2D eigenvalue weighted by Gasteiger charge is -2.46. The van der Waals surface area contributed by atoms with E-state index in [-0.39, 0.29) is 5.60 Å². The minimum absolute atomic E-state index is 0.0241. The molecule has 1 aliphatic heterocycles. The first kappa shape index (κ1) is 13.3. The average Bonchev–Trinajstić information content (AvgIpc) is 2.39. The fourth-order valence-electron chi connectivity index (χ4n) is 3.53. The molecule has 100 valence electrons. The highest BCUT2D eigenvalue weighted by molar-refractivity contribution is 4.91. The number of morpholine rings is 1. The van der Waals surface area contributed by atoms with Gasteiger partial charge in [0, 0.05) is 25.2 Å². The van der Waals surface area contributed by atoms with Crippen LogP contribution in [0.15, 0.2) is 0 Å². The molecule has 0 spiro atoms. The van der Waals surface area contributed by atoms with E-state index in [4.69, 9.17) is 10.5 Å². The van der Waals surface area contributed by atoms with E-state index in [9.17, 15) is 0 Å². The van der Waals surface area contributed by atoms with Crippen LogP contribution in [-0.2, 0) is 4.74 Å². The molecule has 2 aliphatic rings. The summed E-state index contributed by atoms with van der Waals surface area (Å²) < 4.78 is 5.98. The van der Waals surface area contributed by atoms with Crippen molar-refractivity contribution in [3.63, 3.8) is 0 Å². The summed E-state index contributed by atoms with van der Waals surface area (Å²) in [4.78, 5) is 2.59. The predicted octanol–water partition coefficient (Wildman–Crippen LogP) is 2.15. The van der Waals surface area contributed by atoms with Crippen LogP contribution < -0.4 is 5.73 Å². The highest BCUT2D eigenvalue weighted by Gasteiger charge is 2.36. The van der Waals surface area contributed by atoms with Gasteiger partial charge in [0.2, 0.25) is 0 Å². The van der Waals surface area contributed by atoms with Crippen molar-refractivity contribution in [3.8, 4) is 0 Å². The lowest BCUT2D eigenvalue weighted by molar-refractivity contribution is -0.140. The number of ether oxygens (including phenoxy) is 1. The van der Waals surface area contributed by atoms with E-state index in [1.54, 1.807) is 0 Å². The van der Waals surface area contributed by atoms with Gasteiger partial charge in [0.15, 0.2) is 0 Å². The first-order valence-corrected chi connectivity index (χ1v) is 7.15. The molecule has 3 atom stereocenters. The summed E-state index contributed by atoms with van der Waals surface area (Å²) in [6.45, 7) is 8.63. The normalized spacial score (nSPS) is 39.9. The monoisotopic (exact) mass is 240 g/mol. The Kier molecular flexibility index (Phi) is 4.11. The maximum atomic E-state index is 6.36. The van der Waals surface area contributed by atoms with Crippen LogP contribution >= 0.6 is 0 Å². The van der Waals surface area contributed by atoms with Crippen molar-refractivity contribution < 1.29 is 4.74 Å². The molecule has 0 amide bonds. The Hall–Kier alpha value is -0.120. The summed E-state index contributed by atoms with van der Waals surface area (Å²) in [5.41, 5.74) is 6.34. The Morgan fingerprint density at radius 1 is 1.18 bits per heavy atom. The van der Waals surface area contributed by atoms with E-state index in [1.807, 2.05) is 0 Å². The van der Waals surface area contributed by atoms with E-state index in [2.05, 4.69) is 25.7 Å². The minimum atomic E-state index is -0.0241. The van der Waals surface area contributed by atoms with Crippen LogP contribution in [0.2, 0.25) is 0 Å². The second kappa shape index (κ2) is 5.25. The molecule has 3 nitrogen and oxygen atoms in total. The van der Waals surface area contributed by atoms with Crippen LogP contribution in [0.3, 0.4) is 0 Å². The van der Waals surface area contributed by atoms with Crippen molar-refractivity contribution >= 4 is 0 Å². The number of hydrogen-bond acceptors (Lipinski definition) is 3. The lowest BCUT2D eigenvalue weighted by Crippen LogP contribution is -2.58. The second-order valence-electron chi connectivity index (χ2n) is 6.49. The number of hydrogen-bond donors (Lipinski definition) is 1. The smallest absolute Gasteiger partial charge is 0.0757 e. The van der Waals surface area contributed by atoms with Gasteiger partial charge >= 0.3 is 0 Å². The molecule has 0 aromatic rings. The Morgan fingerprint density at radius 3 is 2.59 bits per heavy atom. The lowest BCUT2D eigenvalue weighted by atomic mass is 9.97. The van der Waals surface area contributed by atoms with Gasteiger partial charge in [-0.3, -0.25) is 4.90 Å². The molecule has 0 bridgehead atoms. The van der Waals surface area contributed by atoms with Crippen molar-refractivity contribution in [2.45, 2.75) is 76.7 Å². The first-order valence-electron chi connectivity index (χ1n) is 7.15. The Balaban J connectivity index is 2.04. The van der Waals surface area contributed by atoms with Gasteiger partial charge in [-0.05, 0) is 33.6 Å². The zero-order chi connectivity index (χ0) is 12.5. The number of nitrogens with zero attached hydrogens (tertiary/aromatic N) is 1. The molecule has 2 rings (SSSR count). The standard InChI is InChI=1S/C14H28N2O/c1-11-9-16(10-14(2,3)17-11)13-8-6-4-5-7-12(13)15/h11-13H,4-10,15H2,1-3H3. The molecule has 1 heterocycles. The predicted molar refractivity (Wildman–Crippen MR) is 71.0 cm³/mol. The van der Waals surface area contributed by atoms with Crippen molar-refractivity contribution in [2.75, 3.05) is 13.1 Å². The minimum Gasteiger partial charge on any atom is -0.370 e. The van der Waals surface area contributed by atoms with Crippen LogP contribution in [0.1, 0.15) is 52.9 Å². The quantitative estimate of drug-likeness (QED) is 0.714. The van der Waals surface area contributed by atoms with Crippen molar-refractivity contribution in [1.82, 2.24) is 4.90 Å². The van der Waals surface area contributed by atoms with E-state index in [0.717, 1.165) is 13.1 Å². The Bertz CT molecular complexity index is 255. The maximum Gasteiger partial charge on any atom is 0.0757 e. The molecule has 0 aromatic heterocycles. The third-order valence-corrected chi connectivity index (χ3v) is 4.10. The molecule has 1 saturated heterocycles. The van der Waals surface area contributed by atoms with Gasteiger partial charge in [-0.25, -0.2) is 0 Å². The van der Waals surface area contributed by atoms with Crippen LogP contribution in [0, 0.1) is 0 Å². The second-order valence-corrected chi connectivity index (χ2v) is 6.49. The number of rotatable bonds is 1. The van der Waals surface area contributed by atoms with E-state index in [1.165, 1.54) is 32.1 Å². The molecule has 2 fully saturated rings. The molecule has 17 heavy (non-hydrogen) atoms. The van der Waals surface area contributed by atoms with E-state index < -0.39 is 0 Å². The summed E-state index contributed by atoms with van der Waals surface area (Å²) >= 11 is 0. The van der Waals surface area contributed by atoms with Crippen molar-refractivity contribution in [1.29, 1.82) is 0 Å². The highest BCUT2D eigenvalue weighted by Crippen LogP contribution is 2.27. The first-order chi connectivity index (χ1) is 7.98. The SMILES string of the molecule is CC1CN(C2CCCCCC2N)CC(C)(C)O1. The molecule has 1 saturated carbocycles. The summed E-state index contributed by atoms with van der Waals surface area (Å²) in [6, 6.07) is 0.932. The molecular formula is C14H28N2O. The van der Waals surface area contributed by atoms with Gasteiger partial charge in [0.1, 0.15) is 0 Å². The Morgan fingerprint density at radius 2 is 1.88 bits per heavy atom. The van der Waals surface area contributed by atoms with Crippen LogP contribution in [-0.4, -0.2) is 41.8 Å². The van der Waals surface area contributed by atoms with Crippen LogP contribution in [0.4, 0.5) is 0 Å². The third kappa shape index (κ3) is 3.43. The van der Waals surface area contributed by atoms with Gasteiger partial charge in [-0.1, -0.05) is 19.3 Å². The molecule has 2 N–H and O–H groups in total. The third-order valence-electron chi connectivity index (χ3n) is 4.10. The summed E-state index contributed by atoms with van der Waals surface area (Å²) in [7, 11) is 0. The van der Waals surface area contributed by atoms with Gasteiger partial charge in [-0.2, -0.15) is 0 Å². The zero-order valence-corrected chi connectivity index (χ0v) is 11.6. The fraction of sp³-hybridized carbons (Fsp3) is 1.00. The van der Waals surface area contributed by atoms with Crippen molar-refractivity contribution in [3.05, 3.63) is 0 Å². The highest BCUT2D eigenvalue weighted by atomic mass is 16.5. The fourth-order valence-corrected chi connectivity index (χ4v) is 3.53. The average molecular weight is 240 g/mol. The van der Waals surface area contributed by atoms with Gasteiger partial charge < -0.3 is 10.5 Å². The molecule has 1 aliphatic carbocycles. The largest absolute Gasteiger partial charge is 0.370 e. The molecule has 0 radical (unpaired) electrons. The summed E-state index contributed by atoms with van der Waals surface area (Å²) in [5, 5.41) is 0. The topological polar surface area (TPSA) is 38.5 Å². The van der Waals surface area contributed by atoms with E-state index >= 15 is 0 Å². The Labute approximate surface area is 106 Å². The summed E-state index contributed by atoms with van der Waals surface area (Å²) in [6.07, 6.45) is 6.79. The van der Waals surface area contributed by atoms with Crippen molar-refractivity contribution in [2.24, 2.45) is 5.73 Å². The molecule has 0 aromatic carbocycles. The van der Waals surface area contributed by atoms with Crippen LogP contribution in [0.25, 0.3) is 0 Å².